The first kappa shape index (κ1) is 8.99. The molecule has 0 aliphatic carbocycles. The molecule has 0 atom stereocenters. The highest BCUT2D eigenvalue weighted by atomic mass is 35.5. The summed E-state index contributed by atoms with van der Waals surface area (Å²) in [5.74, 6) is -3.97. The number of carboxylic acid groups (broad SMARTS) is 1. The summed E-state index contributed by atoms with van der Waals surface area (Å²) in [6.07, 6.45) is 0. The molecule has 5 nitrogen and oxygen atoms in total. The number of carboxylic acids is 1. The van der Waals surface area contributed by atoms with Gasteiger partial charge in [0.25, 0.3) is 0 Å². The number of nitrogen functional groups attached to an aromatic ring is 1. The number of aliphatic carboxylic acids is 1. The average Bonchev–Trinajstić information content (AvgIpc) is 2.22. The van der Waals surface area contributed by atoms with Crippen molar-refractivity contribution in [2.45, 2.75) is 0 Å². The van der Waals surface area contributed by atoms with Gasteiger partial charge in [0, 0.05) is 0 Å². The highest BCUT2D eigenvalue weighted by Gasteiger charge is 2.16. The molecule has 0 spiro atoms. The molecular formula is C7H5Cl2FN2O3. The molecule has 0 bridgehead atoms. The summed E-state index contributed by atoms with van der Waals surface area (Å²) in [6.45, 7) is -3.12. The fourth-order valence-corrected chi connectivity index (χ4v) is 1.03. The van der Waals surface area contributed by atoms with Crippen molar-refractivity contribution < 1.29 is 21.8 Å². The maximum absolute atomic E-state index is 13.1. The van der Waals surface area contributed by atoms with E-state index in [9.17, 15) is 9.18 Å². The van der Waals surface area contributed by atoms with Crippen LogP contribution in [0.15, 0.2) is 0 Å². The minimum Gasteiger partial charge on any atom is -0.479 e. The standard InChI is InChI=1S/C7H5Cl2FN2O3/c8-3-5(11)4(9)7(12-6(3)10)15-1-2(13)14/h1H2,(H2,11,12)(H,13,14)/i1+1D2,2+1. The maximum atomic E-state index is 13.1. The fraction of sp³-hybridized carbons (Fsp3) is 0.143. The van der Waals surface area contributed by atoms with Gasteiger partial charge in [-0.2, -0.15) is 9.37 Å². The van der Waals surface area contributed by atoms with Crippen LogP contribution in [0.5, 0.6) is 5.88 Å². The van der Waals surface area contributed by atoms with Gasteiger partial charge in [-0.1, -0.05) is 23.2 Å². The number of pyridine rings is 1. The molecule has 1 aromatic rings. The Kier molecular flexibility index (Phi) is 2.70. The third kappa shape index (κ3) is 2.60. The third-order valence-electron chi connectivity index (χ3n) is 1.28. The van der Waals surface area contributed by atoms with Crippen molar-refractivity contribution in [3.8, 4) is 5.88 Å². The number of nitrogens with zero attached hydrogens (tertiary/aromatic N) is 1. The van der Waals surface area contributed by atoms with Crippen LogP contribution in [0.1, 0.15) is 2.74 Å². The van der Waals surface area contributed by atoms with Crippen molar-refractivity contribution in [1.29, 1.82) is 0 Å². The van der Waals surface area contributed by atoms with E-state index in [0.717, 1.165) is 0 Å². The Morgan fingerprint density at radius 1 is 1.67 bits per heavy atom. The van der Waals surface area contributed by atoms with Gasteiger partial charge in [-0.05, 0) is 0 Å². The number of carbonyl (C=O) groups is 1. The molecule has 1 rings (SSSR count). The van der Waals surface area contributed by atoms with Crippen molar-refractivity contribution in [2.75, 3.05) is 12.3 Å². The van der Waals surface area contributed by atoms with Gasteiger partial charge >= 0.3 is 5.97 Å². The fourth-order valence-electron chi connectivity index (χ4n) is 0.670. The number of anilines is 1. The number of hydrogen-bond donors (Lipinski definition) is 2. The van der Waals surface area contributed by atoms with Crippen LogP contribution >= 0.6 is 23.2 Å². The van der Waals surface area contributed by atoms with Crippen LogP contribution in [0.4, 0.5) is 10.1 Å². The Bertz CT molecular complexity index is 487. The number of aromatic nitrogens is 1. The lowest BCUT2D eigenvalue weighted by atomic mass is 10.4. The van der Waals surface area contributed by atoms with Crippen LogP contribution < -0.4 is 10.5 Å². The van der Waals surface area contributed by atoms with Crippen LogP contribution in [0, 0.1) is 5.95 Å². The summed E-state index contributed by atoms with van der Waals surface area (Å²) in [7, 11) is 0. The van der Waals surface area contributed by atoms with E-state index in [-0.39, 0.29) is 0 Å². The number of halogens is 3. The van der Waals surface area contributed by atoms with Crippen LogP contribution in [0.2, 0.25) is 10.0 Å². The first-order valence-electron chi connectivity index (χ1n) is 4.39. The monoisotopic (exact) mass is 258 g/mol. The molecular weight excluding hydrogens is 252 g/mol. The Hall–Kier alpha value is -1.27. The summed E-state index contributed by atoms with van der Waals surface area (Å²) < 4.78 is 31.3. The molecule has 0 aliphatic heterocycles. The second kappa shape index (κ2) is 4.50. The van der Waals surface area contributed by atoms with Gasteiger partial charge in [0.05, 0.1) is 8.43 Å². The SMILES string of the molecule is [2H][13C]([2H])(Oc1nc(F)c(Cl)c(N)c1Cl)[13C](=O)O. The number of hydrogen-bond acceptors (Lipinski definition) is 4. The minimum absolute atomic E-state index is 0.419. The van der Waals surface area contributed by atoms with Gasteiger partial charge in [0.15, 0.2) is 6.56 Å². The van der Waals surface area contributed by atoms with Crippen LogP contribution in [-0.4, -0.2) is 22.6 Å². The largest absolute Gasteiger partial charge is 0.479 e. The van der Waals surface area contributed by atoms with Gasteiger partial charge in [-0.3, -0.25) is 0 Å². The zero-order valence-electron chi connectivity index (χ0n) is 8.92. The Morgan fingerprint density at radius 3 is 2.80 bits per heavy atom. The molecule has 0 radical (unpaired) electrons. The number of rotatable bonds is 3. The van der Waals surface area contributed by atoms with Gasteiger partial charge < -0.3 is 15.6 Å². The molecule has 0 aliphatic rings. The second-order valence-corrected chi connectivity index (χ2v) is 3.01. The topological polar surface area (TPSA) is 85.4 Å². The second-order valence-electron chi connectivity index (χ2n) is 2.26. The lowest BCUT2D eigenvalue weighted by molar-refractivity contribution is -0.139. The Balaban J connectivity index is 3.21. The van der Waals surface area contributed by atoms with E-state index >= 15 is 0 Å². The van der Waals surface area contributed by atoms with E-state index in [1.165, 1.54) is 0 Å². The lowest BCUT2D eigenvalue weighted by Crippen LogP contribution is -2.11. The van der Waals surface area contributed by atoms with Crippen molar-refractivity contribution >= 4 is 34.9 Å². The molecule has 1 heterocycles. The molecule has 0 amide bonds. The molecule has 0 fully saturated rings. The maximum Gasteiger partial charge on any atom is 0.341 e. The molecule has 3 N–H and O–H groups in total. The lowest BCUT2D eigenvalue weighted by Gasteiger charge is -2.07. The van der Waals surface area contributed by atoms with Crippen molar-refractivity contribution in [1.82, 2.24) is 4.98 Å². The summed E-state index contributed by atoms with van der Waals surface area (Å²) in [5, 5.41) is 7.44. The average molecular weight is 259 g/mol. The summed E-state index contributed by atoms with van der Waals surface area (Å²) in [5.41, 5.74) is 4.87. The van der Waals surface area contributed by atoms with Crippen LogP contribution in [0.3, 0.4) is 0 Å². The van der Waals surface area contributed by atoms with Gasteiger partial charge in [0.1, 0.15) is 10.0 Å². The van der Waals surface area contributed by atoms with Crippen LogP contribution in [0.25, 0.3) is 0 Å². The highest BCUT2D eigenvalue weighted by molar-refractivity contribution is 6.39. The number of nitrogens with two attached hydrogens (primary N) is 1. The Morgan fingerprint density at radius 2 is 2.27 bits per heavy atom. The molecule has 1 aromatic heterocycles. The van der Waals surface area contributed by atoms with E-state index in [1.54, 1.807) is 0 Å². The molecule has 8 heteroatoms. The molecule has 0 aromatic carbocycles. The van der Waals surface area contributed by atoms with E-state index in [1.807, 2.05) is 0 Å². The van der Waals surface area contributed by atoms with Gasteiger partial charge in [-0.15, -0.1) is 0 Å². The summed E-state index contributed by atoms with van der Waals surface area (Å²) in [6, 6.07) is 0. The first-order valence-corrected chi connectivity index (χ1v) is 4.14. The molecule has 0 unspecified atom stereocenters. The molecule has 0 saturated carbocycles. The molecule has 0 saturated heterocycles. The van der Waals surface area contributed by atoms with Gasteiger partial charge in [0.2, 0.25) is 11.8 Å². The summed E-state index contributed by atoms with van der Waals surface area (Å²) >= 11 is 10.9. The third-order valence-corrected chi connectivity index (χ3v) is 2.00. The van der Waals surface area contributed by atoms with E-state index in [4.69, 9.17) is 36.8 Å². The smallest absolute Gasteiger partial charge is 0.341 e. The van der Waals surface area contributed by atoms with Crippen molar-refractivity contribution in [2.24, 2.45) is 0 Å². The van der Waals surface area contributed by atoms with E-state index in [0.29, 0.717) is 0 Å². The zero-order chi connectivity index (χ0) is 13.4. The normalized spacial score (nSPS) is 13.0. The molecule has 15 heavy (non-hydrogen) atoms. The Labute approximate surface area is 96.4 Å². The zero-order valence-corrected chi connectivity index (χ0v) is 8.43. The highest BCUT2D eigenvalue weighted by Crippen LogP contribution is 2.35. The first-order chi connectivity index (χ1) is 7.66. The van der Waals surface area contributed by atoms with E-state index in [2.05, 4.69) is 9.72 Å². The summed E-state index contributed by atoms with van der Waals surface area (Å²) in [4.78, 5) is 13.5. The van der Waals surface area contributed by atoms with Crippen LogP contribution in [-0.2, 0) is 4.79 Å². The van der Waals surface area contributed by atoms with Gasteiger partial charge in [-0.25, -0.2) is 4.79 Å². The quantitative estimate of drug-likeness (QED) is 0.635. The predicted octanol–water partition coefficient (Wildman–Crippen LogP) is 1.57. The van der Waals surface area contributed by atoms with E-state index < -0.39 is 40.1 Å². The minimum atomic E-state index is -3.12. The van der Waals surface area contributed by atoms with Crippen molar-refractivity contribution in [3.05, 3.63) is 16.0 Å². The molecule has 82 valence electrons. The number of ether oxygens (including phenoxy) is 1. The van der Waals surface area contributed by atoms with Crippen molar-refractivity contribution in [3.63, 3.8) is 0 Å². The predicted molar refractivity (Wildman–Crippen MR) is 51.8 cm³/mol.